The number of hydrogen-bond acceptors (Lipinski definition) is 5. The number of aryl methyl sites for hydroxylation is 2. The molecule has 1 saturated heterocycles. The second-order valence-corrected chi connectivity index (χ2v) is 9.68. The summed E-state index contributed by atoms with van der Waals surface area (Å²) in [5.74, 6) is 0.0743. The summed E-state index contributed by atoms with van der Waals surface area (Å²) < 4.78 is 1.86. The Morgan fingerprint density at radius 2 is 1.88 bits per heavy atom. The first kappa shape index (κ1) is 21.0. The summed E-state index contributed by atoms with van der Waals surface area (Å²) in [5.41, 5.74) is 5.06. The molecule has 0 atom stereocenters. The Hall–Kier alpha value is -2.90. The average Bonchev–Trinajstić information content (AvgIpc) is 3.36. The summed E-state index contributed by atoms with van der Waals surface area (Å²) in [6.07, 6.45) is 3.58. The number of rotatable bonds is 4. The average molecular weight is 466 g/mol. The molecule has 4 aromatic rings. The van der Waals surface area contributed by atoms with Crippen molar-refractivity contribution in [1.82, 2.24) is 14.6 Å². The van der Waals surface area contributed by atoms with E-state index in [0.717, 1.165) is 58.5 Å². The number of benzene rings is 2. The van der Waals surface area contributed by atoms with Crippen molar-refractivity contribution in [2.24, 2.45) is 5.92 Å². The maximum atomic E-state index is 12.8. The van der Waals surface area contributed by atoms with Crippen LogP contribution in [0.4, 0.5) is 10.8 Å². The van der Waals surface area contributed by atoms with Gasteiger partial charge in [0.2, 0.25) is 16.0 Å². The van der Waals surface area contributed by atoms with Crippen LogP contribution in [0.25, 0.3) is 16.2 Å². The molecular weight excluding hydrogens is 442 g/mol. The van der Waals surface area contributed by atoms with Crippen molar-refractivity contribution in [3.05, 3.63) is 64.8 Å². The Morgan fingerprint density at radius 1 is 1.12 bits per heavy atom. The number of hydrogen-bond donors (Lipinski definition) is 1. The molecule has 1 fully saturated rings. The predicted octanol–water partition coefficient (Wildman–Crippen LogP) is 5.58. The van der Waals surface area contributed by atoms with Gasteiger partial charge in [-0.15, -0.1) is 5.10 Å². The van der Waals surface area contributed by atoms with Crippen LogP contribution in [0.1, 0.15) is 24.0 Å². The molecule has 2 aromatic heterocycles. The van der Waals surface area contributed by atoms with Gasteiger partial charge in [-0.1, -0.05) is 52.8 Å². The maximum Gasteiger partial charge on any atom is 0.227 e. The van der Waals surface area contributed by atoms with Gasteiger partial charge in [0.15, 0.2) is 0 Å². The molecule has 1 aliphatic rings. The van der Waals surface area contributed by atoms with E-state index in [1.54, 1.807) is 17.4 Å². The summed E-state index contributed by atoms with van der Waals surface area (Å²) in [7, 11) is 0. The van der Waals surface area contributed by atoms with E-state index in [0.29, 0.717) is 5.02 Å². The molecule has 3 heterocycles. The summed E-state index contributed by atoms with van der Waals surface area (Å²) in [4.78, 5) is 20.6. The van der Waals surface area contributed by atoms with Crippen molar-refractivity contribution in [3.8, 4) is 11.3 Å². The number of amides is 1. The molecule has 0 unspecified atom stereocenters. The number of piperidine rings is 1. The molecule has 1 N–H and O–H groups in total. The molecule has 0 aliphatic carbocycles. The van der Waals surface area contributed by atoms with Gasteiger partial charge in [0.25, 0.3) is 0 Å². The first-order valence-corrected chi connectivity index (χ1v) is 11.9. The van der Waals surface area contributed by atoms with Crippen molar-refractivity contribution in [1.29, 1.82) is 0 Å². The van der Waals surface area contributed by atoms with E-state index in [2.05, 4.69) is 41.4 Å². The van der Waals surface area contributed by atoms with E-state index in [4.69, 9.17) is 21.7 Å². The van der Waals surface area contributed by atoms with Crippen molar-refractivity contribution in [2.45, 2.75) is 26.7 Å². The summed E-state index contributed by atoms with van der Waals surface area (Å²) in [6.45, 7) is 5.64. The molecular formula is C24H24ClN5OS. The molecule has 5 rings (SSSR count). The fourth-order valence-electron chi connectivity index (χ4n) is 4.02. The third kappa shape index (κ3) is 4.23. The Labute approximate surface area is 195 Å². The van der Waals surface area contributed by atoms with Gasteiger partial charge in [0, 0.05) is 35.3 Å². The minimum atomic E-state index is -0.00138. The number of halogens is 1. The van der Waals surface area contributed by atoms with Crippen molar-refractivity contribution >= 4 is 44.6 Å². The molecule has 32 heavy (non-hydrogen) atoms. The van der Waals surface area contributed by atoms with Gasteiger partial charge in [-0.3, -0.25) is 4.79 Å². The van der Waals surface area contributed by atoms with Crippen LogP contribution in [-0.2, 0) is 4.79 Å². The smallest absolute Gasteiger partial charge is 0.227 e. The predicted molar refractivity (Wildman–Crippen MR) is 131 cm³/mol. The topological polar surface area (TPSA) is 62.5 Å². The van der Waals surface area contributed by atoms with Gasteiger partial charge < -0.3 is 10.2 Å². The lowest BCUT2D eigenvalue weighted by Crippen LogP contribution is -2.38. The fraction of sp³-hybridized carbons (Fsp3) is 0.292. The van der Waals surface area contributed by atoms with Crippen LogP contribution in [-0.4, -0.2) is 33.6 Å². The number of imidazole rings is 1. The van der Waals surface area contributed by atoms with Gasteiger partial charge in [-0.2, -0.15) is 0 Å². The Morgan fingerprint density at radius 3 is 2.56 bits per heavy atom. The first-order valence-electron chi connectivity index (χ1n) is 10.7. The van der Waals surface area contributed by atoms with Crippen LogP contribution in [0.15, 0.2) is 48.7 Å². The Kier molecular flexibility index (Phi) is 5.61. The van der Waals surface area contributed by atoms with Gasteiger partial charge >= 0.3 is 0 Å². The lowest BCUT2D eigenvalue weighted by atomic mass is 9.96. The molecule has 8 heteroatoms. The number of nitrogens with one attached hydrogen (secondary N) is 1. The molecule has 164 valence electrons. The molecule has 0 radical (unpaired) electrons. The van der Waals surface area contributed by atoms with E-state index in [1.807, 2.05) is 29.8 Å². The Balaban J connectivity index is 1.22. The van der Waals surface area contributed by atoms with Crippen molar-refractivity contribution in [2.75, 3.05) is 23.3 Å². The largest absolute Gasteiger partial charge is 0.347 e. The number of aromatic nitrogens is 3. The standard InChI is InChI=1S/C24H24ClN5OS/c1-15-3-5-17(6-4-15)21-14-30-23(27-21)32-24(28-30)29-11-9-18(10-12-29)22(31)26-20-8-7-19(25)13-16(20)2/h3-8,13-14,18H,9-12H2,1-2H3,(H,26,31). The quantitative estimate of drug-likeness (QED) is 0.427. The fourth-order valence-corrected chi connectivity index (χ4v) is 5.18. The number of carbonyl (C=O) groups excluding carboxylic acids is 1. The summed E-state index contributed by atoms with van der Waals surface area (Å²) >= 11 is 7.61. The normalized spacial score (nSPS) is 14.8. The number of carbonyl (C=O) groups is 1. The molecule has 0 bridgehead atoms. The van der Waals surface area contributed by atoms with Gasteiger partial charge in [0.05, 0.1) is 11.9 Å². The lowest BCUT2D eigenvalue weighted by molar-refractivity contribution is -0.120. The van der Waals surface area contributed by atoms with Gasteiger partial charge in [-0.05, 0) is 50.5 Å². The number of nitrogens with zero attached hydrogens (tertiary/aromatic N) is 4. The van der Waals surface area contributed by atoms with Crippen LogP contribution in [0, 0.1) is 19.8 Å². The molecule has 1 aliphatic heterocycles. The van der Waals surface area contributed by atoms with Crippen LogP contribution in [0.2, 0.25) is 5.02 Å². The number of fused-ring (bicyclic) bond motifs is 1. The number of anilines is 2. The second kappa shape index (κ2) is 8.56. The third-order valence-electron chi connectivity index (χ3n) is 5.96. The first-order chi connectivity index (χ1) is 15.5. The van der Waals surface area contributed by atoms with Crippen molar-refractivity contribution < 1.29 is 4.79 Å². The highest BCUT2D eigenvalue weighted by Crippen LogP contribution is 2.30. The molecule has 2 aromatic carbocycles. The van der Waals surface area contributed by atoms with Crippen LogP contribution in [0.3, 0.4) is 0 Å². The zero-order chi connectivity index (χ0) is 22.2. The van der Waals surface area contributed by atoms with Gasteiger partial charge in [0.1, 0.15) is 0 Å². The monoisotopic (exact) mass is 465 g/mol. The Bertz CT molecular complexity index is 1240. The van der Waals surface area contributed by atoms with E-state index < -0.39 is 0 Å². The second-order valence-electron chi connectivity index (χ2n) is 8.31. The van der Waals surface area contributed by atoms with E-state index >= 15 is 0 Å². The molecule has 0 spiro atoms. The van der Waals surface area contributed by atoms with Crippen LogP contribution in [0.5, 0.6) is 0 Å². The zero-order valence-corrected chi connectivity index (χ0v) is 19.6. The van der Waals surface area contributed by atoms with Crippen LogP contribution >= 0.6 is 22.9 Å². The minimum Gasteiger partial charge on any atom is -0.347 e. The SMILES string of the molecule is Cc1ccc(-c2cn3nc(N4CCC(C(=O)Nc5ccc(Cl)cc5C)CC4)sc3n2)cc1. The molecule has 6 nitrogen and oxygen atoms in total. The summed E-state index contributed by atoms with van der Waals surface area (Å²) in [6, 6.07) is 13.9. The maximum absolute atomic E-state index is 12.8. The summed E-state index contributed by atoms with van der Waals surface area (Å²) in [5, 5.41) is 9.43. The molecule has 1 amide bonds. The lowest BCUT2D eigenvalue weighted by Gasteiger charge is -2.30. The third-order valence-corrected chi connectivity index (χ3v) is 7.18. The van der Waals surface area contributed by atoms with E-state index in [9.17, 15) is 4.79 Å². The minimum absolute atomic E-state index is 0.00138. The highest BCUT2D eigenvalue weighted by atomic mass is 35.5. The highest BCUT2D eigenvalue weighted by Gasteiger charge is 2.27. The molecule has 0 saturated carbocycles. The zero-order valence-electron chi connectivity index (χ0n) is 18.0. The van der Waals surface area contributed by atoms with E-state index in [1.165, 1.54) is 5.56 Å². The highest BCUT2D eigenvalue weighted by molar-refractivity contribution is 7.20. The van der Waals surface area contributed by atoms with Crippen molar-refractivity contribution in [3.63, 3.8) is 0 Å². The van der Waals surface area contributed by atoms with Crippen LogP contribution < -0.4 is 10.2 Å². The van der Waals surface area contributed by atoms with E-state index in [-0.39, 0.29) is 11.8 Å². The van der Waals surface area contributed by atoms with Gasteiger partial charge in [-0.25, -0.2) is 9.50 Å².